The second kappa shape index (κ2) is 6.81. The number of hydrogen-bond acceptors (Lipinski definition) is 3. The van der Waals surface area contributed by atoms with Gasteiger partial charge in [-0.3, -0.25) is 0 Å². The highest BCUT2D eigenvalue weighted by Gasteiger charge is 2.17. The van der Waals surface area contributed by atoms with Gasteiger partial charge in [0, 0.05) is 20.8 Å². The van der Waals surface area contributed by atoms with Crippen LogP contribution in [-0.4, -0.2) is 6.61 Å². The molecule has 2 nitrogen and oxygen atoms in total. The fraction of sp³-hybridized carbons (Fsp3) is 0.333. The summed E-state index contributed by atoms with van der Waals surface area (Å²) in [6, 6.07) is 7.42. The van der Waals surface area contributed by atoms with Gasteiger partial charge in [0.05, 0.1) is 17.7 Å². The van der Waals surface area contributed by atoms with Gasteiger partial charge in [-0.05, 0) is 37.1 Å². The second-order valence-corrected chi connectivity index (χ2v) is 6.39. The summed E-state index contributed by atoms with van der Waals surface area (Å²) in [4.78, 5) is 2.40. The van der Waals surface area contributed by atoms with Crippen molar-refractivity contribution >= 4 is 34.5 Å². The molecule has 0 saturated carbocycles. The molecule has 1 aromatic heterocycles. The van der Waals surface area contributed by atoms with Crippen molar-refractivity contribution in [3.05, 3.63) is 49.6 Å². The molecule has 2 aromatic rings. The van der Waals surface area contributed by atoms with Crippen molar-refractivity contribution in [2.45, 2.75) is 26.3 Å². The van der Waals surface area contributed by atoms with E-state index in [2.05, 4.69) is 19.1 Å². The van der Waals surface area contributed by atoms with E-state index in [9.17, 15) is 0 Å². The molecular formula is C15H17Cl2NOS. The zero-order valence-electron chi connectivity index (χ0n) is 11.5. The first-order valence-electron chi connectivity index (χ1n) is 6.52. The zero-order valence-corrected chi connectivity index (χ0v) is 13.8. The summed E-state index contributed by atoms with van der Waals surface area (Å²) in [5, 5.41) is 1.12. The van der Waals surface area contributed by atoms with Gasteiger partial charge in [0.1, 0.15) is 5.75 Å². The third-order valence-electron chi connectivity index (χ3n) is 3.02. The van der Waals surface area contributed by atoms with Crippen molar-refractivity contribution < 1.29 is 4.74 Å². The van der Waals surface area contributed by atoms with Crippen molar-refractivity contribution in [3.63, 3.8) is 0 Å². The number of thiophene rings is 1. The van der Waals surface area contributed by atoms with Gasteiger partial charge < -0.3 is 10.5 Å². The molecule has 0 fully saturated rings. The molecule has 108 valence electrons. The van der Waals surface area contributed by atoms with Gasteiger partial charge in [0.2, 0.25) is 0 Å². The molecule has 20 heavy (non-hydrogen) atoms. The number of rotatable bonds is 5. The molecule has 1 heterocycles. The van der Waals surface area contributed by atoms with E-state index in [1.54, 1.807) is 23.5 Å². The van der Waals surface area contributed by atoms with Gasteiger partial charge in [-0.25, -0.2) is 0 Å². The molecule has 0 spiro atoms. The minimum absolute atomic E-state index is 0.263. The standard InChI is InChI=1S/C15H17Cl2NOS/c1-3-9-5-6-14(20-9)15(18)10-7-12(17)13(19-4-2)8-11(10)16/h5-8,15H,3-4,18H2,1-2H3. The maximum atomic E-state index is 6.31. The third kappa shape index (κ3) is 3.29. The Hall–Kier alpha value is -0.740. The molecule has 5 heteroatoms. The van der Waals surface area contributed by atoms with Crippen LogP contribution in [0.25, 0.3) is 0 Å². The minimum atomic E-state index is -0.263. The SMILES string of the molecule is CCOc1cc(Cl)c(C(N)c2ccc(CC)s2)cc1Cl. The highest BCUT2D eigenvalue weighted by molar-refractivity contribution is 7.12. The van der Waals surface area contributed by atoms with Crippen LogP contribution in [-0.2, 0) is 6.42 Å². The van der Waals surface area contributed by atoms with Crippen LogP contribution in [0.2, 0.25) is 10.0 Å². The van der Waals surface area contributed by atoms with Crippen LogP contribution in [0.15, 0.2) is 24.3 Å². The van der Waals surface area contributed by atoms with Crippen molar-refractivity contribution in [2.24, 2.45) is 5.73 Å². The summed E-state index contributed by atoms with van der Waals surface area (Å²) < 4.78 is 5.42. The first-order valence-corrected chi connectivity index (χ1v) is 8.10. The van der Waals surface area contributed by atoms with E-state index < -0.39 is 0 Å². The van der Waals surface area contributed by atoms with Gasteiger partial charge in [-0.2, -0.15) is 0 Å². The summed E-state index contributed by atoms with van der Waals surface area (Å²) >= 11 is 14.2. The van der Waals surface area contributed by atoms with Crippen molar-refractivity contribution in [2.75, 3.05) is 6.61 Å². The zero-order chi connectivity index (χ0) is 14.7. The number of benzene rings is 1. The van der Waals surface area contributed by atoms with Crippen LogP contribution in [0.4, 0.5) is 0 Å². The molecule has 0 amide bonds. The Labute approximate surface area is 133 Å². The molecule has 0 aliphatic heterocycles. The van der Waals surface area contributed by atoms with Crippen LogP contribution in [0.3, 0.4) is 0 Å². The fourth-order valence-corrected chi connectivity index (χ4v) is 3.42. The molecule has 0 aliphatic rings. The molecule has 1 aromatic carbocycles. The Morgan fingerprint density at radius 3 is 2.55 bits per heavy atom. The first kappa shape index (κ1) is 15.6. The predicted molar refractivity (Wildman–Crippen MR) is 87.4 cm³/mol. The van der Waals surface area contributed by atoms with E-state index in [1.165, 1.54) is 4.88 Å². The largest absolute Gasteiger partial charge is 0.492 e. The normalized spacial score (nSPS) is 12.4. The van der Waals surface area contributed by atoms with Gasteiger partial charge in [-0.1, -0.05) is 30.1 Å². The number of ether oxygens (including phenoxy) is 1. The maximum absolute atomic E-state index is 6.31. The van der Waals surface area contributed by atoms with Gasteiger partial charge in [0.25, 0.3) is 0 Å². The van der Waals surface area contributed by atoms with Crippen molar-refractivity contribution in [1.29, 1.82) is 0 Å². The molecule has 0 aliphatic carbocycles. The quantitative estimate of drug-likeness (QED) is 0.831. The molecular weight excluding hydrogens is 313 g/mol. The maximum Gasteiger partial charge on any atom is 0.139 e. The van der Waals surface area contributed by atoms with Gasteiger partial charge >= 0.3 is 0 Å². The lowest BCUT2D eigenvalue weighted by Crippen LogP contribution is -2.11. The molecule has 1 unspecified atom stereocenters. The Balaban J connectivity index is 2.34. The summed E-state index contributed by atoms with van der Waals surface area (Å²) in [6.45, 7) is 4.58. The number of aryl methyl sites for hydroxylation is 1. The molecule has 0 saturated heterocycles. The lowest BCUT2D eigenvalue weighted by atomic mass is 10.1. The predicted octanol–water partition coefficient (Wildman–Crippen LogP) is 5.06. The van der Waals surface area contributed by atoms with E-state index in [1.807, 2.05) is 6.92 Å². The summed E-state index contributed by atoms with van der Waals surface area (Å²) in [6.07, 6.45) is 1.01. The number of halogens is 2. The topological polar surface area (TPSA) is 35.2 Å². The highest BCUT2D eigenvalue weighted by atomic mass is 35.5. The fourth-order valence-electron chi connectivity index (χ4n) is 1.95. The Kier molecular flexibility index (Phi) is 5.33. The van der Waals surface area contributed by atoms with E-state index in [4.69, 9.17) is 33.7 Å². The Morgan fingerprint density at radius 2 is 1.95 bits per heavy atom. The summed E-state index contributed by atoms with van der Waals surface area (Å²) in [5.74, 6) is 0.593. The van der Waals surface area contributed by atoms with Crippen LogP contribution >= 0.6 is 34.5 Å². The van der Waals surface area contributed by atoms with Crippen LogP contribution in [0.5, 0.6) is 5.75 Å². The second-order valence-electron chi connectivity index (χ2n) is 4.37. The molecule has 2 rings (SSSR count). The molecule has 2 N–H and O–H groups in total. The lowest BCUT2D eigenvalue weighted by Gasteiger charge is -2.15. The monoisotopic (exact) mass is 329 g/mol. The molecule has 1 atom stereocenters. The summed E-state index contributed by atoms with van der Waals surface area (Å²) in [7, 11) is 0. The van der Waals surface area contributed by atoms with E-state index >= 15 is 0 Å². The molecule has 0 bridgehead atoms. The average molecular weight is 330 g/mol. The van der Waals surface area contributed by atoms with Crippen LogP contribution in [0.1, 0.15) is 35.2 Å². The van der Waals surface area contributed by atoms with Crippen LogP contribution in [0, 0.1) is 0 Å². The highest BCUT2D eigenvalue weighted by Crippen LogP contribution is 2.37. The first-order chi connectivity index (χ1) is 9.56. The van der Waals surface area contributed by atoms with Crippen molar-refractivity contribution in [3.8, 4) is 5.75 Å². The summed E-state index contributed by atoms with van der Waals surface area (Å²) in [5.41, 5.74) is 7.13. The van der Waals surface area contributed by atoms with E-state index in [0.29, 0.717) is 22.4 Å². The smallest absolute Gasteiger partial charge is 0.139 e. The van der Waals surface area contributed by atoms with Gasteiger partial charge in [0.15, 0.2) is 0 Å². The van der Waals surface area contributed by atoms with E-state index in [-0.39, 0.29) is 6.04 Å². The van der Waals surface area contributed by atoms with Crippen molar-refractivity contribution in [1.82, 2.24) is 0 Å². The van der Waals surface area contributed by atoms with Crippen LogP contribution < -0.4 is 10.5 Å². The Bertz CT molecular complexity index is 598. The minimum Gasteiger partial charge on any atom is -0.492 e. The molecule has 0 radical (unpaired) electrons. The third-order valence-corrected chi connectivity index (χ3v) is 4.96. The number of hydrogen-bond donors (Lipinski definition) is 1. The van der Waals surface area contributed by atoms with E-state index in [0.717, 1.165) is 16.9 Å². The number of nitrogens with two attached hydrogens (primary N) is 1. The Morgan fingerprint density at radius 1 is 1.20 bits per heavy atom. The average Bonchev–Trinajstić information content (AvgIpc) is 2.91. The lowest BCUT2D eigenvalue weighted by molar-refractivity contribution is 0.340. The van der Waals surface area contributed by atoms with Gasteiger partial charge in [-0.15, -0.1) is 11.3 Å².